The smallest absolute Gasteiger partial charge is 0.186 e. The van der Waals surface area contributed by atoms with E-state index in [-0.39, 0.29) is 13.2 Å². The molecule has 3 heterocycles. The average molecular weight is 351 g/mol. The molecule has 3 rings (SSSR count). The van der Waals surface area contributed by atoms with Crippen LogP contribution < -0.4 is 5.32 Å². The lowest BCUT2D eigenvalue weighted by Crippen LogP contribution is -2.53. The van der Waals surface area contributed by atoms with Gasteiger partial charge in [-0.25, -0.2) is 15.0 Å². The molecule has 4 atom stereocenters. The number of hydrogen-bond acceptors (Lipinski definition) is 9. The van der Waals surface area contributed by atoms with Gasteiger partial charge in [-0.3, -0.25) is 0 Å². The van der Waals surface area contributed by atoms with E-state index in [1.165, 1.54) is 6.33 Å². The van der Waals surface area contributed by atoms with Crippen molar-refractivity contribution < 1.29 is 24.8 Å². The zero-order valence-corrected chi connectivity index (χ0v) is 13.7. The molecule has 2 aromatic rings. The lowest BCUT2D eigenvalue weighted by Gasteiger charge is -2.34. The molecule has 0 radical (unpaired) electrons. The van der Waals surface area contributed by atoms with Crippen molar-refractivity contribution in [2.24, 2.45) is 0 Å². The third-order valence-electron chi connectivity index (χ3n) is 3.87. The van der Waals surface area contributed by atoms with Crippen LogP contribution in [0.15, 0.2) is 24.3 Å². The number of H-pyrrole nitrogens is 1. The fourth-order valence-corrected chi connectivity index (χ4v) is 2.42. The Kier molecular flexibility index (Phi) is 5.56. The monoisotopic (exact) mass is 351 g/mol. The number of ether oxygens (including phenoxy) is 2. The number of rotatable bonds is 6. The van der Waals surface area contributed by atoms with Crippen molar-refractivity contribution in [3.05, 3.63) is 24.3 Å². The predicted molar refractivity (Wildman–Crippen MR) is 87.6 cm³/mol. The number of aliphatic hydroxyl groups is 3. The summed E-state index contributed by atoms with van der Waals surface area (Å²) in [6.07, 6.45) is 0.255. The molecule has 1 fully saturated rings. The van der Waals surface area contributed by atoms with Crippen LogP contribution in [-0.2, 0) is 9.47 Å². The van der Waals surface area contributed by atoms with E-state index in [2.05, 4.69) is 25.3 Å². The van der Waals surface area contributed by atoms with Crippen LogP contribution in [0.5, 0.6) is 0 Å². The van der Waals surface area contributed by atoms with E-state index in [0.29, 0.717) is 18.0 Å². The summed E-state index contributed by atoms with van der Waals surface area (Å²) in [6.45, 7) is 2.51. The molecule has 0 spiro atoms. The normalized spacial score (nSPS) is 27.6. The van der Waals surface area contributed by atoms with E-state index in [0.717, 1.165) is 11.1 Å². The lowest BCUT2D eigenvalue weighted by atomic mass is 10.1. The van der Waals surface area contributed by atoms with Gasteiger partial charge in [0, 0.05) is 6.54 Å². The van der Waals surface area contributed by atoms with Gasteiger partial charge in [-0.15, -0.1) is 0 Å². The summed E-state index contributed by atoms with van der Waals surface area (Å²) >= 11 is 0. The number of nitrogens with one attached hydrogen (secondary N) is 2. The maximum atomic E-state index is 9.81. The highest BCUT2D eigenvalue weighted by molar-refractivity contribution is 5.81. The van der Waals surface area contributed by atoms with E-state index >= 15 is 0 Å². The van der Waals surface area contributed by atoms with Crippen LogP contribution in [0.1, 0.15) is 6.92 Å². The number of hydrogen-bond donors (Lipinski definition) is 5. The summed E-state index contributed by atoms with van der Waals surface area (Å²) in [5, 5.41) is 32.0. The molecule has 0 saturated carbocycles. The van der Waals surface area contributed by atoms with Gasteiger partial charge < -0.3 is 35.1 Å². The van der Waals surface area contributed by atoms with Gasteiger partial charge in [0.1, 0.15) is 30.2 Å². The van der Waals surface area contributed by atoms with E-state index < -0.39 is 24.6 Å². The molecule has 1 aliphatic heterocycles. The molecule has 1 aliphatic rings. The van der Waals surface area contributed by atoms with Crippen molar-refractivity contribution in [3.63, 3.8) is 0 Å². The van der Waals surface area contributed by atoms with Crippen LogP contribution in [0.3, 0.4) is 0 Å². The van der Waals surface area contributed by atoms with Crippen LogP contribution in [-0.4, -0.2) is 79.6 Å². The van der Waals surface area contributed by atoms with Gasteiger partial charge in [-0.1, -0.05) is 6.08 Å². The molecule has 4 unspecified atom stereocenters. The van der Waals surface area contributed by atoms with Crippen LogP contribution in [0, 0.1) is 0 Å². The number of imidazole rings is 1. The lowest BCUT2D eigenvalue weighted by molar-refractivity contribution is -0.267. The Balaban J connectivity index is 1.48. The average Bonchev–Trinajstić information content (AvgIpc) is 3.09. The molecule has 0 aromatic carbocycles. The minimum atomic E-state index is -1.29. The van der Waals surface area contributed by atoms with Crippen molar-refractivity contribution in [2.75, 3.05) is 25.1 Å². The first-order valence-corrected chi connectivity index (χ1v) is 7.87. The van der Waals surface area contributed by atoms with Crippen molar-refractivity contribution in [1.82, 2.24) is 19.9 Å². The number of aliphatic hydroxyl groups excluding tert-OH is 3. The number of aromatic nitrogens is 4. The minimum absolute atomic E-state index is 0.0822. The molecule has 5 N–H and O–H groups in total. The molecule has 136 valence electrons. The van der Waals surface area contributed by atoms with Crippen molar-refractivity contribution in [3.8, 4) is 0 Å². The quantitative estimate of drug-likeness (QED) is 0.421. The standard InChI is InChI=1S/C15H21N5O5/c1-8(4-24-15-12(23)11(22)9(21)5-25-15)2-3-16-13-10-14(18-6-17-10)20-7-19-13/h2,6-7,9,11-12,15,21-23H,3-5H2,1H3,(H2,16,17,18,19,20). The van der Waals surface area contributed by atoms with Gasteiger partial charge in [0.05, 0.1) is 19.5 Å². The van der Waals surface area contributed by atoms with Crippen LogP contribution >= 0.6 is 0 Å². The molecular formula is C15H21N5O5. The second kappa shape index (κ2) is 7.85. The van der Waals surface area contributed by atoms with Gasteiger partial charge in [0.15, 0.2) is 17.8 Å². The molecular weight excluding hydrogens is 330 g/mol. The Labute approximate surface area is 143 Å². The SMILES string of the molecule is CC(=CCNc1ncnc2nc[nH]c12)COC1OCC(O)C(O)C1O. The summed E-state index contributed by atoms with van der Waals surface area (Å²) in [5.41, 5.74) is 2.22. The highest BCUT2D eigenvalue weighted by Crippen LogP contribution is 2.17. The summed E-state index contributed by atoms with van der Waals surface area (Å²) in [6, 6.07) is 0. The zero-order valence-electron chi connectivity index (χ0n) is 13.7. The van der Waals surface area contributed by atoms with Gasteiger partial charge in [-0.2, -0.15) is 0 Å². The van der Waals surface area contributed by atoms with E-state index in [1.807, 2.05) is 13.0 Å². The number of nitrogens with zero attached hydrogens (tertiary/aromatic N) is 3. The Morgan fingerprint density at radius 3 is 3.04 bits per heavy atom. The Hall–Kier alpha value is -2.11. The molecule has 0 aliphatic carbocycles. The second-order valence-corrected chi connectivity index (χ2v) is 5.82. The molecule has 10 heteroatoms. The fraction of sp³-hybridized carbons (Fsp3) is 0.533. The van der Waals surface area contributed by atoms with Crippen LogP contribution in [0.2, 0.25) is 0 Å². The van der Waals surface area contributed by atoms with Crippen LogP contribution in [0.25, 0.3) is 11.2 Å². The Bertz CT molecular complexity index is 736. The number of aromatic amines is 1. The molecule has 10 nitrogen and oxygen atoms in total. The molecule has 25 heavy (non-hydrogen) atoms. The maximum absolute atomic E-state index is 9.81. The molecule has 2 aromatic heterocycles. The summed E-state index contributed by atoms with van der Waals surface area (Å²) < 4.78 is 10.6. The van der Waals surface area contributed by atoms with E-state index in [9.17, 15) is 15.3 Å². The van der Waals surface area contributed by atoms with Crippen LogP contribution in [0.4, 0.5) is 5.82 Å². The van der Waals surface area contributed by atoms with Crippen molar-refractivity contribution in [2.45, 2.75) is 31.5 Å². The minimum Gasteiger partial charge on any atom is -0.388 e. The zero-order chi connectivity index (χ0) is 17.8. The third kappa shape index (κ3) is 4.11. The van der Waals surface area contributed by atoms with E-state index in [4.69, 9.17) is 9.47 Å². The first-order chi connectivity index (χ1) is 12.1. The third-order valence-corrected chi connectivity index (χ3v) is 3.87. The molecule has 1 saturated heterocycles. The van der Waals surface area contributed by atoms with Gasteiger partial charge in [0.2, 0.25) is 0 Å². The maximum Gasteiger partial charge on any atom is 0.186 e. The second-order valence-electron chi connectivity index (χ2n) is 5.82. The first kappa shape index (κ1) is 17.7. The summed E-state index contributed by atoms with van der Waals surface area (Å²) in [4.78, 5) is 15.2. The van der Waals surface area contributed by atoms with Gasteiger partial charge in [-0.05, 0) is 12.5 Å². The van der Waals surface area contributed by atoms with Crippen molar-refractivity contribution >= 4 is 17.0 Å². The highest BCUT2D eigenvalue weighted by atomic mass is 16.7. The van der Waals surface area contributed by atoms with Gasteiger partial charge >= 0.3 is 0 Å². The predicted octanol–water partition coefficient (Wildman–Crippen LogP) is -0.833. The largest absolute Gasteiger partial charge is 0.388 e. The van der Waals surface area contributed by atoms with E-state index in [1.54, 1.807) is 6.33 Å². The summed E-state index contributed by atoms with van der Waals surface area (Å²) in [7, 11) is 0. The Morgan fingerprint density at radius 2 is 2.20 bits per heavy atom. The fourth-order valence-electron chi connectivity index (χ4n) is 2.42. The summed E-state index contributed by atoms with van der Waals surface area (Å²) in [5.74, 6) is 0.649. The van der Waals surface area contributed by atoms with Gasteiger partial charge in [0.25, 0.3) is 0 Å². The number of fused-ring (bicyclic) bond motifs is 1. The van der Waals surface area contributed by atoms with Crippen molar-refractivity contribution in [1.29, 1.82) is 0 Å². The topological polar surface area (TPSA) is 146 Å². The molecule has 0 amide bonds. The Morgan fingerprint density at radius 1 is 1.36 bits per heavy atom. The highest BCUT2D eigenvalue weighted by Gasteiger charge is 2.38. The molecule has 0 bridgehead atoms. The number of anilines is 1. The first-order valence-electron chi connectivity index (χ1n) is 7.87.